The van der Waals surface area contributed by atoms with Gasteiger partial charge in [-0.05, 0) is 24.0 Å². The number of rotatable bonds is 4. The number of nitrogens with one attached hydrogen (secondary N) is 1. The second-order valence-electron chi connectivity index (χ2n) is 3.09. The van der Waals surface area contributed by atoms with Crippen LogP contribution in [0.1, 0.15) is 12.5 Å². The van der Waals surface area contributed by atoms with Crippen molar-refractivity contribution < 1.29 is 14.9 Å². The number of aromatic hydroxyl groups is 1. The topological polar surface area (TPSA) is 81.8 Å². The van der Waals surface area contributed by atoms with E-state index < -0.39 is 0 Å². The third-order valence-electron chi connectivity index (χ3n) is 1.90. The molecule has 1 aromatic rings. The number of nitrogens with zero attached hydrogens (tertiary/aromatic N) is 1. The van der Waals surface area contributed by atoms with Gasteiger partial charge in [0.1, 0.15) is 0 Å². The Bertz CT molecular complexity index is 433. The van der Waals surface area contributed by atoms with E-state index in [9.17, 15) is 5.11 Å². The van der Waals surface area contributed by atoms with Crippen LogP contribution >= 0.6 is 11.8 Å². The Labute approximate surface area is 104 Å². The SMILES string of the molecule is CCSC(N)=N[NH+]=Cc1ccc(O)c(OC)c1. The highest BCUT2D eigenvalue weighted by atomic mass is 32.2. The average molecular weight is 254 g/mol. The lowest BCUT2D eigenvalue weighted by Crippen LogP contribution is -2.62. The molecule has 0 unspecified atom stereocenters. The standard InChI is InChI=1S/C11H15N3O2S/c1-3-17-11(12)14-13-7-8-4-5-9(15)10(6-8)16-2/h4-7,15H,3H2,1-2H3,(H2,12,14)/p+1. The van der Waals surface area contributed by atoms with E-state index in [2.05, 4.69) is 10.2 Å². The summed E-state index contributed by atoms with van der Waals surface area (Å²) < 4.78 is 4.99. The second-order valence-corrected chi connectivity index (χ2v) is 4.37. The Morgan fingerprint density at radius 1 is 1.65 bits per heavy atom. The van der Waals surface area contributed by atoms with Crippen LogP contribution in [-0.2, 0) is 0 Å². The molecule has 4 N–H and O–H groups in total. The molecule has 0 aliphatic carbocycles. The fourth-order valence-electron chi connectivity index (χ4n) is 1.13. The molecule has 0 saturated carbocycles. The van der Waals surface area contributed by atoms with Crippen molar-refractivity contribution in [2.45, 2.75) is 6.92 Å². The lowest BCUT2D eigenvalue weighted by atomic mass is 10.2. The van der Waals surface area contributed by atoms with Crippen LogP contribution in [0.5, 0.6) is 11.5 Å². The average Bonchev–Trinajstić information content (AvgIpc) is 2.31. The van der Waals surface area contributed by atoms with Crippen molar-refractivity contribution in [1.82, 2.24) is 0 Å². The number of hydrazone groups is 1. The van der Waals surface area contributed by atoms with Gasteiger partial charge in [-0.3, -0.25) is 0 Å². The maximum atomic E-state index is 9.41. The number of phenols is 1. The number of nitrogens with two attached hydrogens (primary N) is 1. The van der Waals surface area contributed by atoms with Crippen LogP contribution in [0.4, 0.5) is 0 Å². The molecule has 0 atom stereocenters. The van der Waals surface area contributed by atoms with Crippen molar-refractivity contribution in [3.05, 3.63) is 23.8 Å². The number of benzene rings is 1. The number of methoxy groups -OCH3 is 1. The van der Waals surface area contributed by atoms with Gasteiger partial charge in [0, 0.05) is 10.7 Å². The third-order valence-corrected chi connectivity index (χ3v) is 2.58. The Morgan fingerprint density at radius 3 is 3.06 bits per heavy atom. The van der Waals surface area contributed by atoms with Gasteiger partial charge in [-0.25, -0.2) is 0 Å². The van der Waals surface area contributed by atoms with Crippen LogP contribution in [0.15, 0.2) is 23.3 Å². The molecule has 0 aliphatic heterocycles. The first-order valence-electron chi connectivity index (χ1n) is 5.09. The lowest BCUT2D eigenvalue weighted by molar-refractivity contribution is -0.456. The fourth-order valence-corrected chi connectivity index (χ4v) is 1.55. The van der Waals surface area contributed by atoms with Crippen molar-refractivity contribution in [1.29, 1.82) is 0 Å². The summed E-state index contributed by atoms with van der Waals surface area (Å²) in [6.45, 7) is 2.00. The molecule has 0 spiro atoms. The van der Waals surface area contributed by atoms with Crippen molar-refractivity contribution in [3.63, 3.8) is 0 Å². The molecule has 0 amide bonds. The molecule has 1 rings (SSSR count). The minimum atomic E-state index is 0.106. The van der Waals surface area contributed by atoms with Crippen molar-refractivity contribution in [3.8, 4) is 11.5 Å². The highest BCUT2D eigenvalue weighted by molar-refractivity contribution is 8.13. The highest BCUT2D eigenvalue weighted by Gasteiger charge is 2.02. The number of thioether (sulfide) groups is 1. The molecule has 0 saturated heterocycles. The van der Waals surface area contributed by atoms with Crippen LogP contribution in [0.2, 0.25) is 0 Å². The summed E-state index contributed by atoms with van der Waals surface area (Å²) in [5, 5.41) is 16.6. The number of ether oxygens (including phenoxy) is 1. The third kappa shape index (κ3) is 4.36. The largest absolute Gasteiger partial charge is 0.504 e. The molecule has 17 heavy (non-hydrogen) atoms. The van der Waals surface area contributed by atoms with E-state index in [0.717, 1.165) is 11.3 Å². The normalized spacial score (nSPS) is 12.0. The molecular weight excluding hydrogens is 238 g/mol. The predicted octanol–water partition coefficient (Wildman–Crippen LogP) is -0.117. The summed E-state index contributed by atoms with van der Waals surface area (Å²) in [6, 6.07) is 4.99. The molecule has 1 aromatic carbocycles. The van der Waals surface area contributed by atoms with Crippen LogP contribution in [0, 0.1) is 0 Å². The Balaban J connectivity index is 2.75. The maximum absolute atomic E-state index is 9.41. The van der Waals surface area contributed by atoms with Crippen LogP contribution in [0.3, 0.4) is 0 Å². The van der Waals surface area contributed by atoms with Crippen LogP contribution in [-0.4, -0.2) is 29.4 Å². The summed E-state index contributed by atoms with van der Waals surface area (Å²) in [5.74, 6) is 1.40. The van der Waals surface area contributed by atoms with E-state index >= 15 is 0 Å². The highest BCUT2D eigenvalue weighted by Crippen LogP contribution is 2.25. The maximum Gasteiger partial charge on any atom is 0.225 e. The van der Waals surface area contributed by atoms with Gasteiger partial charge in [0.15, 0.2) is 11.5 Å². The first kappa shape index (κ1) is 13.4. The van der Waals surface area contributed by atoms with Gasteiger partial charge >= 0.3 is 0 Å². The lowest BCUT2D eigenvalue weighted by Gasteiger charge is -2.01. The van der Waals surface area contributed by atoms with E-state index in [1.54, 1.807) is 24.4 Å². The summed E-state index contributed by atoms with van der Waals surface area (Å²) in [6.07, 6.45) is 1.67. The van der Waals surface area contributed by atoms with E-state index in [4.69, 9.17) is 10.5 Å². The Hall–Kier alpha value is -1.69. The Morgan fingerprint density at radius 2 is 2.41 bits per heavy atom. The smallest absolute Gasteiger partial charge is 0.225 e. The number of amidine groups is 1. The molecule has 0 aliphatic rings. The summed E-state index contributed by atoms with van der Waals surface area (Å²) in [4.78, 5) is 0. The van der Waals surface area contributed by atoms with E-state index in [0.29, 0.717) is 10.9 Å². The van der Waals surface area contributed by atoms with Crippen molar-refractivity contribution in [2.75, 3.05) is 12.9 Å². The van der Waals surface area contributed by atoms with Crippen LogP contribution in [0.25, 0.3) is 0 Å². The molecule has 6 heteroatoms. The predicted molar refractivity (Wildman–Crippen MR) is 70.5 cm³/mol. The zero-order chi connectivity index (χ0) is 12.7. The monoisotopic (exact) mass is 254 g/mol. The minimum Gasteiger partial charge on any atom is -0.504 e. The van der Waals surface area contributed by atoms with E-state index in [-0.39, 0.29) is 5.75 Å². The Kier molecular flexibility index (Phi) is 5.35. The van der Waals surface area contributed by atoms with E-state index in [1.807, 2.05) is 6.92 Å². The summed E-state index contributed by atoms with van der Waals surface area (Å²) in [5.41, 5.74) is 6.43. The first-order chi connectivity index (χ1) is 8.17. The van der Waals surface area contributed by atoms with Gasteiger partial charge in [-0.1, -0.05) is 18.7 Å². The number of hydrogen-bond acceptors (Lipinski definition) is 4. The van der Waals surface area contributed by atoms with Gasteiger partial charge in [0.05, 0.1) is 7.11 Å². The van der Waals surface area contributed by atoms with Crippen molar-refractivity contribution in [2.24, 2.45) is 10.8 Å². The molecule has 0 aromatic heterocycles. The fraction of sp³-hybridized carbons (Fsp3) is 0.273. The zero-order valence-electron chi connectivity index (χ0n) is 9.80. The summed E-state index contributed by atoms with van der Waals surface area (Å²) >= 11 is 1.46. The molecule has 5 nitrogen and oxygen atoms in total. The van der Waals surface area contributed by atoms with Gasteiger partial charge in [-0.2, -0.15) is 0 Å². The van der Waals surface area contributed by atoms with Gasteiger partial charge in [0.25, 0.3) is 0 Å². The van der Waals surface area contributed by atoms with Gasteiger partial charge in [0.2, 0.25) is 11.4 Å². The number of hydrogen-bond donors (Lipinski definition) is 3. The minimum absolute atomic E-state index is 0.106. The van der Waals surface area contributed by atoms with Gasteiger partial charge in [-0.15, -0.1) is 5.10 Å². The summed E-state index contributed by atoms with van der Waals surface area (Å²) in [7, 11) is 1.50. The van der Waals surface area contributed by atoms with Crippen molar-refractivity contribution >= 4 is 23.1 Å². The number of phenolic OH excluding ortho intramolecular Hbond substituents is 1. The molecular formula is C11H16N3O2S+. The zero-order valence-corrected chi connectivity index (χ0v) is 10.6. The molecule has 0 radical (unpaired) electrons. The van der Waals surface area contributed by atoms with Gasteiger partial charge < -0.3 is 15.6 Å². The second kappa shape index (κ2) is 6.80. The molecule has 92 valence electrons. The molecule has 0 fully saturated rings. The van der Waals surface area contributed by atoms with E-state index in [1.165, 1.54) is 18.9 Å². The molecule has 0 bridgehead atoms. The van der Waals surface area contributed by atoms with Crippen LogP contribution < -0.4 is 15.6 Å². The molecule has 0 heterocycles. The first-order valence-corrected chi connectivity index (χ1v) is 6.07. The quantitative estimate of drug-likeness (QED) is 0.397.